The summed E-state index contributed by atoms with van der Waals surface area (Å²) in [5.74, 6) is 1.75. The summed E-state index contributed by atoms with van der Waals surface area (Å²) in [4.78, 5) is 4.57. The van der Waals surface area contributed by atoms with Gasteiger partial charge in [-0.2, -0.15) is 5.26 Å². The highest BCUT2D eigenvalue weighted by Crippen LogP contribution is 2.26. The third kappa shape index (κ3) is 2.32. The first-order valence-corrected chi connectivity index (χ1v) is 6.12. The van der Waals surface area contributed by atoms with Crippen molar-refractivity contribution in [3.63, 3.8) is 0 Å². The molecule has 2 aromatic rings. The van der Waals surface area contributed by atoms with Gasteiger partial charge in [-0.1, -0.05) is 0 Å². The maximum absolute atomic E-state index is 8.81. The average Bonchev–Trinajstić information content (AvgIpc) is 2.67. The zero-order valence-electron chi connectivity index (χ0n) is 11.7. The first-order valence-electron chi connectivity index (χ1n) is 6.12. The van der Waals surface area contributed by atoms with Gasteiger partial charge in [0.25, 0.3) is 0 Å². The predicted molar refractivity (Wildman–Crippen MR) is 74.0 cm³/mol. The largest absolute Gasteiger partial charge is 0.496 e. The molecule has 4 nitrogen and oxygen atoms in total. The van der Waals surface area contributed by atoms with Crippen LogP contribution in [0.1, 0.15) is 17.0 Å². The van der Waals surface area contributed by atoms with Crippen molar-refractivity contribution in [1.82, 2.24) is 9.55 Å². The lowest BCUT2D eigenvalue weighted by molar-refractivity contribution is 0.412. The third-order valence-electron chi connectivity index (χ3n) is 3.38. The molecule has 0 N–H and O–H groups in total. The van der Waals surface area contributed by atoms with Crippen molar-refractivity contribution in [3.8, 4) is 23.2 Å². The lowest BCUT2D eigenvalue weighted by atomic mass is 10.1. The van der Waals surface area contributed by atoms with Crippen LogP contribution in [0.3, 0.4) is 0 Å². The number of aryl methyl sites for hydroxylation is 1. The van der Waals surface area contributed by atoms with Crippen molar-refractivity contribution >= 4 is 0 Å². The number of methoxy groups -OCH3 is 1. The van der Waals surface area contributed by atoms with E-state index in [2.05, 4.69) is 17.1 Å². The molecular weight excluding hydrogens is 238 g/mol. The number of aromatic nitrogens is 2. The zero-order valence-corrected chi connectivity index (χ0v) is 11.7. The third-order valence-corrected chi connectivity index (χ3v) is 3.38. The van der Waals surface area contributed by atoms with Gasteiger partial charge in [0.15, 0.2) is 0 Å². The normalized spacial score (nSPS) is 10.3. The van der Waals surface area contributed by atoms with Crippen LogP contribution in [0.25, 0.3) is 11.4 Å². The Balaban J connectivity index is 2.50. The fourth-order valence-corrected chi connectivity index (χ4v) is 2.15. The molecule has 19 heavy (non-hydrogen) atoms. The Bertz CT molecular complexity index is 650. The van der Waals surface area contributed by atoms with E-state index in [0.717, 1.165) is 34.1 Å². The number of nitriles is 1. The number of hydrogen-bond acceptors (Lipinski definition) is 3. The molecule has 1 heterocycles. The summed E-state index contributed by atoms with van der Waals surface area (Å²) in [6.07, 6.45) is 0.342. The molecule has 0 radical (unpaired) electrons. The standard InChI is InChI=1S/C15H17N3O/c1-10-9-12(5-6-14(10)19-4)15-17-13(7-8-16)11(2)18(15)3/h5-6,9H,7H2,1-4H3. The molecule has 4 heteroatoms. The van der Waals surface area contributed by atoms with Crippen LogP contribution in [0.5, 0.6) is 5.75 Å². The Kier molecular flexibility index (Phi) is 3.57. The van der Waals surface area contributed by atoms with E-state index in [9.17, 15) is 0 Å². The molecule has 1 aromatic heterocycles. The zero-order chi connectivity index (χ0) is 14.0. The van der Waals surface area contributed by atoms with Gasteiger partial charge in [-0.3, -0.25) is 0 Å². The highest BCUT2D eigenvalue weighted by atomic mass is 16.5. The lowest BCUT2D eigenvalue weighted by Gasteiger charge is -2.07. The fourth-order valence-electron chi connectivity index (χ4n) is 2.15. The topological polar surface area (TPSA) is 50.8 Å². The summed E-state index contributed by atoms with van der Waals surface area (Å²) in [6.45, 7) is 3.99. The summed E-state index contributed by atoms with van der Waals surface area (Å²) in [5.41, 5.74) is 3.98. The molecule has 0 bridgehead atoms. The van der Waals surface area contributed by atoms with Gasteiger partial charge in [0.05, 0.1) is 25.3 Å². The maximum Gasteiger partial charge on any atom is 0.140 e. The summed E-state index contributed by atoms with van der Waals surface area (Å²) in [7, 11) is 3.63. The number of nitrogens with zero attached hydrogens (tertiary/aromatic N) is 3. The van der Waals surface area contributed by atoms with Gasteiger partial charge < -0.3 is 9.30 Å². The van der Waals surface area contributed by atoms with E-state index in [0.29, 0.717) is 6.42 Å². The van der Waals surface area contributed by atoms with Crippen molar-refractivity contribution in [1.29, 1.82) is 5.26 Å². The van der Waals surface area contributed by atoms with Crippen molar-refractivity contribution in [2.24, 2.45) is 7.05 Å². The van der Waals surface area contributed by atoms with Gasteiger partial charge in [-0.05, 0) is 37.6 Å². The molecule has 0 saturated heterocycles. The molecule has 0 atom stereocenters. The van der Waals surface area contributed by atoms with Crippen LogP contribution < -0.4 is 4.74 Å². The molecule has 0 aliphatic heterocycles. The molecule has 1 aromatic carbocycles. The molecule has 0 aliphatic carbocycles. The molecule has 0 spiro atoms. The molecule has 0 unspecified atom stereocenters. The Morgan fingerprint density at radius 3 is 2.68 bits per heavy atom. The van der Waals surface area contributed by atoms with Crippen LogP contribution in [0.15, 0.2) is 18.2 Å². The number of rotatable bonds is 3. The average molecular weight is 255 g/mol. The van der Waals surface area contributed by atoms with Crippen molar-refractivity contribution in [2.45, 2.75) is 20.3 Å². The second-order valence-electron chi connectivity index (χ2n) is 4.55. The van der Waals surface area contributed by atoms with Gasteiger partial charge in [-0.25, -0.2) is 4.98 Å². The van der Waals surface area contributed by atoms with Gasteiger partial charge in [0.2, 0.25) is 0 Å². The van der Waals surface area contributed by atoms with E-state index in [1.165, 1.54) is 0 Å². The number of hydrogen-bond donors (Lipinski definition) is 0. The van der Waals surface area contributed by atoms with Crippen LogP contribution in [-0.2, 0) is 13.5 Å². The highest BCUT2D eigenvalue weighted by Gasteiger charge is 2.13. The minimum atomic E-state index is 0.342. The van der Waals surface area contributed by atoms with Crippen LogP contribution in [0, 0.1) is 25.2 Å². The molecule has 0 amide bonds. The van der Waals surface area contributed by atoms with Crippen LogP contribution in [0.2, 0.25) is 0 Å². The number of ether oxygens (including phenoxy) is 1. The monoisotopic (exact) mass is 255 g/mol. The van der Waals surface area contributed by atoms with E-state index in [1.807, 2.05) is 37.6 Å². The van der Waals surface area contributed by atoms with E-state index < -0.39 is 0 Å². The maximum atomic E-state index is 8.81. The quantitative estimate of drug-likeness (QED) is 0.847. The van der Waals surface area contributed by atoms with Crippen LogP contribution >= 0.6 is 0 Å². The molecule has 0 fully saturated rings. The smallest absolute Gasteiger partial charge is 0.140 e. The SMILES string of the molecule is COc1ccc(-c2nc(CC#N)c(C)n2C)cc1C. The second-order valence-corrected chi connectivity index (χ2v) is 4.55. The summed E-state index contributed by atoms with van der Waals surface area (Å²) in [5, 5.41) is 8.81. The first kappa shape index (κ1) is 13.2. The summed E-state index contributed by atoms with van der Waals surface area (Å²) in [6, 6.07) is 8.14. The first-order chi connectivity index (χ1) is 9.08. The fraction of sp³-hybridized carbons (Fsp3) is 0.333. The van der Waals surface area contributed by atoms with Gasteiger partial charge in [0.1, 0.15) is 11.6 Å². The second kappa shape index (κ2) is 5.15. The van der Waals surface area contributed by atoms with Gasteiger partial charge in [-0.15, -0.1) is 0 Å². The molecule has 0 saturated carbocycles. The Labute approximate surface area is 113 Å². The number of benzene rings is 1. The highest BCUT2D eigenvalue weighted by molar-refractivity contribution is 5.60. The van der Waals surface area contributed by atoms with Crippen LogP contribution in [0.4, 0.5) is 0 Å². The Morgan fingerprint density at radius 1 is 1.37 bits per heavy atom. The summed E-state index contributed by atoms with van der Waals surface area (Å²) < 4.78 is 7.29. The van der Waals surface area contributed by atoms with E-state index in [1.54, 1.807) is 7.11 Å². The van der Waals surface area contributed by atoms with E-state index in [-0.39, 0.29) is 0 Å². The summed E-state index contributed by atoms with van der Waals surface area (Å²) >= 11 is 0. The van der Waals surface area contributed by atoms with E-state index in [4.69, 9.17) is 10.00 Å². The van der Waals surface area contributed by atoms with Crippen LogP contribution in [-0.4, -0.2) is 16.7 Å². The van der Waals surface area contributed by atoms with Crippen molar-refractivity contribution in [3.05, 3.63) is 35.2 Å². The molecule has 2 rings (SSSR count). The minimum Gasteiger partial charge on any atom is -0.496 e. The van der Waals surface area contributed by atoms with Crippen molar-refractivity contribution < 1.29 is 4.74 Å². The predicted octanol–water partition coefficient (Wildman–Crippen LogP) is 2.78. The van der Waals surface area contributed by atoms with Gasteiger partial charge in [0, 0.05) is 18.3 Å². The van der Waals surface area contributed by atoms with Crippen molar-refractivity contribution in [2.75, 3.05) is 7.11 Å². The Morgan fingerprint density at radius 2 is 2.11 bits per heavy atom. The molecule has 0 aliphatic rings. The molecular formula is C15H17N3O. The minimum absolute atomic E-state index is 0.342. The van der Waals surface area contributed by atoms with Gasteiger partial charge >= 0.3 is 0 Å². The van der Waals surface area contributed by atoms with E-state index >= 15 is 0 Å². The lowest BCUT2D eigenvalue weighted by Crippen LogP contribution is -1.96. The Hall–Kier alpha value is -2.28. The number of imidazole rings is 1. The molecule has 98 valence electrons.